The molecule has 1 amide bonds. The molecule has 1 saturated heterocycles. The van der Waals surface area contributed by atoms with Crippen molar-refractivity contribution >= 4 is 40.7 Å². The largest absolute Gasteiger partial charge is 0.303 e. The third-order valence-corrected chi connectivity index (χ3v) is 3.86. The van der Waals surface area contributed by atoms with Crippen molar-refractivity contribution in [2.45, 2.75) is 18.6 Å². The van der Waals surface area contributed by atoms with Crippen molar-refractivity contribution in [2.75, 3.05) is 0 Å². The second kappa shape index (κ2) is 6.02. The van der Waals surface area contributed by atoms with Gasteiger partial charge in [-0.2, -0.15) is 5.10 Å². The molecule has 2 rings (SSSR count). The second-order valence-electron chi connectivity index (χ2n) is 3.71. The Morgan fingerprint density at radius 1 is 1.44 bits per heavy atom. The van der Waals surface area contributed by atoms with Gasteiger partial charge in [-0.1, -0.05) is 42.4 Å². The molecule has 1 N–H and O–H groups in total. The van der Waals surface area contributed by atoms with Gasteiger partial charge in [-0.15, -0.1) is 5.10 Å². The van der Waals surface area contributed by atoms with Gasteiger partial charge >= 0.3 is 0 Å². The van der Waals surface area contributed by atoms with Gasteiger partial charge < -0.3 is 5.32 Å². The molecular formula is C12H12ClN3OS. The zero-order valence-electron chi connectivity index (χ0n) is 9.76. The average Bonchev–Trinajstić information content (AvgIpc) is 2.72. The number of benzene rings is 1. The van der Waals surface area contributed by atoms with Crippen molar-refractivity contribution in [1.29, 1.82) is 0 Å². The molecule has 6 heteroatoms. The van der Waals surface area contributed by atoms with Gasteiger partial charge in [0.15, 0.2) is 5.17 Å². The number of nitrogens with one attached hydrogen (secondary N) is 1. The molecule has 94 valence electrons. The average molecular weight is 282 g/mol. The normalized spacial score (nSPS) is 21.8. The number of amidine groups is 1. The summed E-state index contributed by atoms with van der Waals surface area (Å²) < 4.78 is 0. The molecule has 18 heavy (non-hydrogen) atoms. The first-order chi connectivity index (χ1) is 8.69. The first-order valence-corrected chi connectivity index (χ1v) is 6.79. The predicted molar refractivity (Wildman–Crippen MR) is 76.3 cm³/mol. The monoisotopic (exact) mass is 281 g/mol. The number of nitrogens with zero attached hydrogens (tertiary/aromatic N) is 2. The number of hydrogen-bond acceptors (Lipinski definition) is 4. The summed E-state index contributed by atoms with van der Waals surface area (Å²) in [6.07, 6.45) is 2.41. The van der Waals surface area contributed by atoms with E-state index in [1.54, 1.807) is 18.3 Å². The van der Waals surface area contributed by atoms with E-state index in [1.165, 1.54) is 11.8 Å². The summed E-state index contributed by atoms with van der Waals surface area (Å²) in [6, 6.07) is 7.27. The van der Waals surface area contributed by atoms with Gasteiger partial charge in [-0.3, -0.25) is 4.79 Å². The van der Waals surface area contributed by atoms with E-state index in [0.29, 0.717) is 10.2 Å². The van der Waals surface area contributed by atoms with Gasteiger partial charge in [-0.25, -0.2) is 0 Å². The Kier molecular flexibility index (Phi) is 4.38. The van der Waals surface area contributed by atoms with Crippen LogP contribution < -0.4 is 5.32 Å². The quantitative estimate of drug-likeness (QED) is 0.684. The SMILES string of the molecule is CC[C@H]1S/C(=N\N=C/c2ccc(Cl)cc2)NC1=O. The summed E-state index contributed by atoms with van der Waals surface area (Å²) >= 11 is 7.19. The first kappa shape index (κ1) is 13.1. The third-order valence-electron chi connectivity index (χ3n) is 2.37. The number of thioether (sulfide) groups is 1. The lowest BCUT2D eigenvalue weighted by Gasteiger charge is -1.95. The summed E-state index contributed by atoms with van der Waals surface area (Å²) in [5.74, 6) is 0.00272. The molecule has 1 aliphatic heterocycles. The highest BCUT2D eigenvalue weighted by molar-refractivity contribution is 8.15. The van der Waals surface area contributed by atoms with E-state index in [2.05, 4.69) is 15.5 Å². The minimum atomic E-state index is -0.0468. The van der Waals surface area contributed by atoms with Crippen LogP contribution in [0.3, 0.4) is 0 Å². The summed E-state index contributed by atoms with van der Waals surface area (Å²) in [5, 5.41) is 11.8. The van der Waals surface area contributed by atoms with Crippen molar-refractivity contribution < 1.29 is 4.79 Å². The molecule has 0 radical (unpaired) electrons. The molecule has 1 heterocycles. The second-order valence-corrected chi connectivity index (χ2v) is 5.33. The molecule has 0 unspecified atom stereocenters. The lowest BCUT2D eigenvalue weighted by atomic mass is 10.2. The van der Waals surface area contributed by atoms with E-state index < -0.39 is 0 Å². The Labute approximate surface area is 115 Å². The van der Waals surface area contributed by atoms with E-state index in [-0.39, 0.29) is 11.2 Å². The fourth-order valence-corrected chi connectivity index (χ4v) is 2.40. The molecule has 0 bridgehead atoms. The van der Waals surface area contributed by atoms with Gasteiger partial charge in [0.25, 0.3) is 0 Å². The Morgan fingerprint density at radius 2 is 2.17 bits per heavy atom. The molecular weight excluding hydrogens is 270 g/mol. The molecule has 0 spiro atoms. The molecule has 0 aromatic heterocycles. The maximum atomic E-state index is 11.4. The lowest BCUT2D eigenvalue weighted by molar-refractivity contribution is -0.118. The molecule has 1 fully saturated rings. The fraction of sp³-hybridized carbons (Fsp3) is 0.250. The van der Waals surface area contributed by atoms with Crippen molar-refractivity contribution in [3.8, 4) is 0 Å². The zero-order chi connectivity index (χ0) is 13.0. The van der Waals surface area contributed by atoms with Crippen molar-refractivity contribution in [3.05, 3.63) is 34.9 Å². The van der Waals surface area contributed by atoms with E-state index >= 15 is 0 Å². The first-order valence-electron chi connectivity index (χ1n) is 5.53. The molecule has 1 aromatic rings. The van der Waals surface area contributed by atoms with Crippen LogP contribution in [-0.2, 0) is 4.79 Å². The van der Waals surface area contributed by atoms with E-state index in [1.807, 2.05) is 19.1 Å². The van der Waals surface area contributed by atoms with Crippen LogP contribution in [0, 0.1) is 0 Å². The predicted octanol–water partition coefficient (Wildman–Crippen LogP) is 2.67. The Bertz CT molecular complexity index is 499. The number of carbonyl (C=O) groups excluding carboxylic acids is 1. The van der Waals surface area contributed by atoms with Gasteiger partial charge in [-0.05, 0) is 24.1 Å². The van der Waals surface area contributed by atoms with Crippen LogP contribution >= 0.6 is 23.4 Å². The van der Waals surface area contributed by atoms with Gasteiger partial charge in [0.05, 0.1) is 11.5 Å². The molecule has 0 saturated carbocycles. The van der Waals surface area contributed by atoms with Crippen LogP contribution in [-0.4, -0.2) is 22.5 Å². The summed E-state index contributed by atoms with van der Waals surface area (Å²) in [6.45, 7) is 1.97. The Morgan fingerprint density at radius 3 is 2.78 bits per heavy atom. The molecule has 4 nitrogen and oxygen atoms in total. The number of amides is 1. The molecule has 1 aromatic carbocycles. The number of halogens is 1. The van der Waals surface area contributed by atoms with Crippen molar-refractivity contribution in [1.82, 2.24) is 5.32 Å². The van der Waals surface area contributed by atoms with Gasteiger partial charge in [0, 0.05) is 5.02 Å². The summed E-state index contributed by atoms with van der Waals surface area (Å²) in [5.41, 5.74) is 0.908. The topological polar surface area (TPSA) is 53.8 Å². The minimum Gasteiger partial charge on any atom is -0.303 e. The van der Waals surface area contributed by atoms with Crippen LogP contribution in [0.2, 0.25) is 5.02 Å². The Balaban J connectivity index is 1.99. The van der Waals surface area contributed by atoms with Crippen LogP contribution in [0.1, 0.15) is 18.9 Å². The highest BCUT2D eigenvalue weighted by atomic mass is 35.5. The maximum absolute atomic E-state index is 11.4. The summed E-state index contributed by atoms with van der Waals surface area (Å²) in [4.78, 5) is 11.4. The molecule has 1 atom stereocenters. The lowest BCUT2D eigenvalue weighted by Crippen LogP contribution is -2.24. The van der Waals surface area contributed by atoms with Crippen LogP contribution in [0.4, 0.5) is 0 Å². The number of carbonyl (C=O) groups is 1. The van der Waals surface area contributed by atoms with E-state index in [0.717, 1.165) is 12.0 Å². The van der Waals surface area contributed by atoms with Crippen LogP contribution in [0.5, 0.6) is 0 Å². The number of hydrogen-bond donors (Lipinski definition) is 1. The molecule has 0 aliphatic carbocycles. The minimum absolute atomic E-state index is 0.00272. The van der Waals surface area contributed by atoms with Crippen molar-refractivity contribution in [3.63, 3.8) is 0 Å². The fourth-order valence-electron chi connectivity index (χ4n) is 1.42. The summed E-state index contributed by atoms with van der Waals surface area (Å²) in [7, 11) is 0. The van der Waals surface area contributed by atoms with E-state index in [4.69, 9.17) is 11.6 Å². The highest BCUT2D eigenvalue weighted by Gasteiger charge is 2.28. The standard InChI is InChI=1S/C12H12ClN3OS/c1-2-10-11(17)15-12(18-10)16-14-7-8-3-5-9(13)6-4-8/h3-7,10H,2H2,1H3,(H,15,16,17)/b14-7-/t10-/m1/s1. The highest BCUT2D eigenvalue weighted by Crippen LogP contribution is 2.21. The van der Waals surface area contributed by atoms with Gasteiger partial charge in [0.2, 0.25) is 5.91 Å². The Hall–Kier alpha value is -1.33. The third kappa shape index (κ3) is 3.34. The van der Waals surface area contributed by atoms with Crippen LogP contribution in [0.15, 0.2) is 34.5 Å². The van der Waals surface area contributed by atoms with Crippen molar-refractivity contribution in [2.24, 2.45) is 10.2 Å². The molecule has 1 aliphatic rings. The number of rotatable bonds is 3. The smallest absolute Gasteiger partial charge is 0.239 e. The van der Waals surface area contributed by atoms with E-state index in [9.17, 15) is 4.79 Å². The zero-order valence-corrected chi connectivity index (χ0v) is 11.3. The maximum Gasteiger partial charge on any atom is 0.239 e. The van der Waals surface area contributed by atoms with Gasteiger partial charge in [0.1, 0.15) is 0 Å². The van der Waals surface area contributed by atoms with Crippen LogP contribution in [0.25, 0.3) is 0 Å².